The predicted octanol–water partition coefficient (Wildman–Crippen LogP) is 3.93. The SMILES string of the molecule is COc1ccc2c(COC(=O)/C=C/c3sccc3C)cc(=O)oc2c1. The zero-order chi connectivity index (χ0) is 17.8. The van der Waals surface area contributed by atoms with Crippen molar-refractivity contribution in [3.05, 3.63) is 68.2 Å². The quantitative estimate of drug-likeness (QED) is 0.394. The van der Waals surface area contributed by atoms with Crippen LogP contribution in [-0.2, 0) is 16.1 Å². The summed E-state index contributed by atoms with van der Waals surface area (Å²) < 4.78 is 15.5. The summed E-state index contributed by atoms with van der Waals surface area (Å²) in [6.07, 6.45) is 3.11. The van der Waals surface area contributed by atoms with E-state index in [1.54, 1.807) is 35.6 Å². The van der Waals surface area contributed by atoms with Gasteiger partial charge in [-0.2, -0.15) is 0 Å². The smallest absolute Gasteiger partial charge is 0.336 e. The van der Waals surface area contributed by atoms with Crippen LogP contribution in [-0.4, -0.2) is 13.1 Å². The number of fused-ring (bicyclic) bond motifs is 1. The molecule has 3 aromatic rings. The molecule has 0 amide bonds. The molecule has 0 aliphatic heterocycles. The van der Waals surface area contributed by atoms with E-state index in [9.17, 15) is 9.59 Å². The van der Waals surface area contributed by atoms with Gasteiger partial charge in [-0.1, -0.05) is 0 Å². The van der Waals surface area contributed by atoms with Gasteiger partial charge in [-0.25, -0.2) is 9.59 Å². The van der Waals surface area contributed by atoms with Crippen molar-refractivity contribution < 1.29 is 18.7 Å². The number of benzene rings is 1. The van der Waals surface area contributed by atoms with Gasteiger partial charge in [0.15, 0.2) is 0 Å². The van der Waals surface area contributed by atoms with E-state index < -0.39 is 11.6 Å². The van der Waals surface area contributed by atoms with Crippen molar-refractivity contribution in [1.29, 1.82) is 0 Å². The number of hydrogen-bond donors (Lipinski definition) is 0. The average molecular weight is 356 g/mol. The van der Waals surface area contributed by atoms with Crippen molar-refractivity contribution in [2.45, 2.75) is 13.5 Å². The van der Waals surface area contributed by atoms with Crippen LogP contribution in [0.2, 0.25) is 0 Å². The van der Waals surface area contributed by atoms with Crippen LogP contribution in [0.25, 0.3) is 17.0 Å². The molecule has 3 rings (SSSR count). The molecule has 0 saturated carbocycles. The zero-order valence-electron chi connectivity index (χ0n) is 13.8. The molecule has 1 aromatic carbocycles. The fraction of sp³-hybridized carbons (Fsp3) is 0.158. The molecule has 0 aliphatic rings. The Morgan fingerprint density at radius 2 is 2.12 bits per heavy atom. The van der Waals surface area contributed by atoms with E-state index in [2.05, 4.69) is 0 Å². The van der Waals surface area contributed by atoms with Crippen LogP contribution in [0, 0.1) is 6.92 Å². The minimum Gasteiger partial charge on any atom is -0.497 e. The van der Waals surface area contributed by atoms with Crippen molar-refractivity contribution in [3.63, 3.8) is 0 Å². The Balaban J connectivity index is 1.76. The second-order valence-corrected chi connectivity index (χ2v) is 6.31. The second-order valence-electron chi connectivity index (χ2n) is 5.36. The Kier molecular flexibility index (Phi) is 5.00. The Morgan fingerprint density at radius 3 is 2.84 bits per heavy atom. The van der Waals surface area contributed by atoms with Gasteiger partial charge in [-0.15, -0.1) is 11.3 Å². The van der Waals surface area contributed by atoms with Crippen molar-refractivity contribution in [2.75, 3.05) is 7.11 Å². The van der Waals surface area contributed by atoms with E-state index in [0.717, 1.165) is 10.4 Å². The first kappa shape index (κ1) is 17.0. The lowest BCUT2D eigenvalue weighted by molar-refractivity contribution is -0.138. The van der Waals surface area contributed by atoms with E-state index in [0.29, 0.717) is 22.3 Å². The van der Waals surface area contributed by atoms with Gasteiger partial charge >= 0.3 is 11.6 Å². The number of methoxy groups -OCH3 is 1. The highest BCUT2D eigenvalue weighted by atomic mass is 32.1. The first-order valence-corrected chi connectivity index (χ1v) is 8.44. The lowest BCUT2D eigenvalue weighted by Gasteiger charge is -2.07. The molecule has 5 nitrogen and oxygen atoms in total. The Hall–Kier alpha value is -2.86. The first-order chi connectivity index (χ1) is 12.1. The highest BCUT2D eigenvalue weighted by molar-refractivity contribution is 7.11. The van der Waals surface area contributed by atoms with E-state index in [-0.39, 0.29) is 6.61 Å². The third-order valence-corrected chi connectivity index (χ3v) is 4.66. The molecular weight excluding hydrogens is 340 g/mol. The van der Waals surface area contributed by atoms with Crippen LogP contribution in [0.3, 0.4) is 0 Å². The van der Waals surface area contributed by atoms with Crippen LogP contribution in [0.1, 0.15) is 16.0 Å². The third kappa shape index (κ3) is 3.97. The van der Waals surface area contributed by atoms with Gasteiger partial charge in [0.2, 0.25) is 0 Å². The summed E-state index contributed by atoms with van der Waals surface area (Å²) in [6, 6.07) is 8.47. The molecule has 2 aromatic heterocycles. The molecule has 0 fully saturated rings. The van der Waals surface area contributed by atoms with Gasteiger partial charge < -0.3 is 13.9 Å². The van der Waals surface area contributed by atoms with Crippen LogP contribution < -0.4 is 10.4 Å². The second kappa shape index (κ2) is 7.36. The van der Waals surface area contributed by atoms with Crippen LogP contribution in [0.4, 0.5) is 0 Å². The monoisotopic (exact) mass is 356 g/mol. The largest absolute Gasteiger partial charge is 0.497 e. The summed E-state index contributed by atoms with van der Waals surface area (Å²) in [5.74, 6) is 0.113. The number of thiophene rings is 1. The predicted molar refractivity (Wildman–Crippen MR) is 96.9 cm³/mol. The number of hydrogen-bond acceptors (Lipinski definition) is 6. The van der Waals surface area contributed by atoms with Crippen molar-refractivity contribution >= 4 is 34.4 Å². The molecular formula is C19H16O5S. The van der Waals surface area contributed by atoms with Crippen molar-refractivity contribution in [3.8, 4) is 5.75 Å². The number of carbonyl (C=O) groups is 1. The van der Waals surface area contributed by atoms with Gasteiger partial charge in [0.1, 0.15) is 17.9 Å². The van der Waals surface area contributed by atoms with Gasteiger partial charge in [0.25, 0.3) is 0 Å². The maximum absolute atomic E-state index is 11.9. The number of carbonyl (C=O) groups excluding carboxylic acids is 1. The van der Waals surface area contributed by atoms with E-state index in [1.807, 2.05) is 18.4 Å². The van der Waals surface area contributed by atoms with Crippen LogP contribution in [0.5, 0.6) is 5.75 Å². The van der Waals surface area contributed by atoms with Gasteiger partial charge in [0, 0.05) is 34.0 Å². The molecule has 6 heteroatoms. The fourth-order valence-electron chi connectivity index (χ4n) is 2.35. The number of ether oxygens (including phenoxy) is 2. The minimum absolute atomic E-state index is 0.0129. The van der Waals surface area contributed by atoms with Crippen LogP contribution >= 0.6 is 11.3 Å². The third-order valence-electron chi connectivity index (χ3n) is 3.68. The Bertz CT molecular complexity index is 996. The molecule has 128 valence electrons. The fourth-order valence-corrected chi connectivity index (χ4v) is 3.17. The minimum atomic E-state index is -0.503. The highest BCUT2D eigenvalue weighted by Gasteiger charge is 2.09. The molecule has 25 heavy (non-hydrogen) atoms. The molecule has 0 N–H and O–H groups in total. The molecule has 0 spiro atoms. The zero-order valence-corrected chi connectivity index (χ0v) is 14.6. The standard InChI is InChI=1S/C19H16O5S/c1-12-7-8-25-17(12)5-6-18(20)23-11-13-9-19(21)24-16-10-14(22-2)3-4-15(13)16/h3-10H,11H2,1-2H3/b6-5+. The summed E-state index contributed by atoms with van der Waals surface area (Å²) in [6.45, 7) is 1.96. The van der Waals surface area contributed by atoms with Crippen LogP contribution in [0.15, 0.2) is 51.0 Å². The summed E-state index contributed by atoms with van der Waals surface area (Å²) in [7, 11) is 1.53. The molecule has 2 heterocycles. The summed E-state index contributed by atoms with van der Waals surface area (Å²) in [5, 5.41) is 2.66. The Morgan fingerprint density at radius 1 is 1.28 bits per heavy atom. The molecule has 0 unspecified atom stereocenters. The summed E-state index contributed by atoms with van der Waals surface area (Å²) in [5.41, 5.74) is 1.58. The average Bonchev–Trinajstić information content (AvgIpc) is 3.02. The number of esters is 1. The maximum atomic E-state index is 11.9. The molecule has 0 radical (unpaired) electrons. The van der Waals surface area contributed by atoms with Gasteiger partial charge in [0.05, 0.1) is 7.11 Å². The lowest BCUT2D eigenvalue weighted by Crippen LogP contribution is -2.05. The molecule has 0 bridgehead atoms. The van der Waals surface area contributed by atoms with Gasteiger partial charge in [-0.05, 0) is 42.1 Å². The summed E-state index contributed by atoms with van der Waals surface area (Å²) >= 11 is 1.55. The lowest BCUT2D eigenvalue weighted by atomic mass is 10.1. The molecule has 0 aliphatic carbocycles. The van der Waals surface area contributed by atoms with Crippen molar-refractivity contribution in [1.82, 2.24) is 0 Å². The van der Waals surface area contributed by atoms with Crippen molar-refractivity contribution in [2.24, 2.45) is 0 Å². The first-order valence-electron chi connectivity index (χ1n) is 7.56. The number of aryl methyl sites for hydroxylation is 1. The normalized spacial score (nSPS) is 11.1. The van der Waals surface area contributed by atoms with Gasteiger partial charge in [-0.3, -0.25) is 0 Å². The summed E-state index contributed by atoms with van der Waals surface area (Å²) in [4.78, 5) is 24.6. The molecule has 0 atom stereocenters. The molecule has 0 saturated heterocycles. The Labute approximate surface area is 148 Å². The number of rotatable bonds is 5. The topological polar surface area (TPSA) is 65.7 Å². The van der Waals surface area contributed by atoms with E-state index in [1.165, 1.54) is 19.3 Å². The van der Waals surface area contributed by atoms with E-state index >= 15 is 0 Å². The van der Waals surface area contributed by atoms with E-state index in [4.69, 9.17) is 13.9 Å². The highest BCUT2D eigenvalue weighted by Crippen LogP contribution is 2.23. The maximum Gasteiger partial charge on any atom is 0.336 e.